The van der Waals surface area contributed by atoms with Gasteiger partial charge in [-0.05, 0) is 48.5 Å². The predicted molar refractivity (Wildman–Crippen MR) is 127 cm³/mol. The van der Waals surface area contributed by atoms with Crippen LogP contribution in [0.15, 0.2) is 127 Å². The van der Waals surface area contributed by atoms with Crippen molar-refractivity contribution in [3.05, 3.63) is 127 Å². The van der Waals surface area contributed by atoms with Crippen LogP contribution in [0.4, 0.5) is 0 Å². The van der Waals surface area contributed by atoms with Gasteiger partial charge in [-0.1, -0.05) is 72.8 Å². The van der Waals surface area contributed by atoms with Gasteiger partial charge in [0, 0.05) is 11.5 Å². The van der Waals surface area contributed by atoms with Crippen molar-refractivity contribution < 1.29 is 0 Å². The first kappa shape index (κ1) is 17.8. The summed E-state index contributed by atoms with van der Waals surface area (Å²) < 4.78 is 0. The van der Waals surface area contributed by atoms with Crippen molar-refractivity contribution in [2.75, 3.05) is 0 Å². The summed E-state index contributed by atoms with van der Waals surface area (Å²) in [6, 6.07) is 45.4. The number of rotatable bonds is 4. The van der Waals surface area contributed by atoms with Gasteiger partial charge in [-0.2, -0.15) is 0 Å². The van der Waals surface area contributed by atoms with Crippen LogP contribution >= 0.6 is 7.26 Å². The quantitative estimate of drug-likeness (QED) is 0.400. The Morgan fingerprint density at radius 3 is 1.38 bits per heavy atom. The third-order valence-electron chi connectivity index (χ3n) is 5.36. The summed E-state index contributed by atoms with van der Waals surface area (Å²) in [6.45, 7) is 0. The highest BCUT2D eigenvalue weighted by Gasteiger charge is 2.49. The van der Waals surface area contributed by atoms with Crippen LogP contribution in [0, 0.1) is 0 Å². The Bertz CT molecular complexity index is 1140. The fourth-order valence-electron chi connectivity index (χ4n) is 4.04. The molecule has 0 fully saturated rings. The lowest BCUT2D eigenvalue weighted by Gasteiger charge is -2.26. The molecule has 1 heterocycles. The van der Waals surface area contributed by atoms with Gasteiger partial charge in [-0.3, -0.25) is 0 Å². The number of hydrogen-bond donors (Lipinski definition) is 0. The average molecular weight is 390 g/mol. The molecule has 5 aromatic rings. The molecule has 0 spiro atoms. The van der Waals surface area contributed by atoms with Gasteiger partial charge in [0.1, 0.15) is 15.9 Å². The second-order valence-electron chi connectivity index (χ2n) is 7.04. The number of pyridine rings is 1. The molecule has 0 N–H and O–H groups in total. The third-order valence-corrected chi connectivity index (χ3v) is 9.51. The molecular formula is C27H21NP+. The van der Waals surface area contributed by atoms with E-state index in [4.69, 9.17) is 4.98 Å². The van der Waals surface area contributed by atoms with Crippen LogP contribution in [-0.4, -0.2) is 4.98 Å². The molecule has 0 aliphatic heterocycles. The Balaban J connectivity index is 1.92. The highest BCUT2D eigenvalue weighted by Crippen LogP contribution is 2.53. The van der Waals surface area contributed by atoms with Crippen molar-refractivity contribution in [2.45, 2.75) is 0 Å². The van der Waals surface area contributed by atoms with Crippen LogP contribution in [-0.2, 0) is 0 Å². The molecule has 0 saturated heterocycles. The van der Waals surface area contributed by atoms with Crippen LogP contribution in [0.2, 0.25) is 0 Å². The van der Waals surface area contributed by atoms with Crippen LogP contribution in [0.1, 0.15) is 0 Å². The van der Waals surface area contributed by atoms with Gasteiger partial charge < -0.3 is 0 Å². The lowest BCUT2D eigenvalue weighted by atomic mass is 10.2. The van der Waals surface area contributed by atoms with Crippen LogP contribution < -0.4 is 21.3 Å². The molecule has 0 saturated carbocycles. The Morgan fingerprint density at radius 1 is 0.414 bits per heavy atom. The highest BCUT2D eigenvalue weighted by atomic mass is 31.2. The molecule has 0 unspecified atom stereocenters. The highest BCUT2D eigenvalue weighted by molar-refractivity contribution is 8.01. The first-order valence-corrected chi connectivity index (χ1v) is 11.6. The maximum atomic E-state index is 5.23. The maximum absolute atomic E-state index is 5.23. The van der Waals surface area contributed by atoms with E-state index in [1.54, 1.807) is 0 Å². The zero-order valence-electron chi connectivity index (χ0n) is 16.0. The summed E-state index contributed by atoms with van der Waals surface area (Å²) >= 11 is 0. The standard InChI is InChI=1S/C27H21NP/c1-4-13-23(14-5-1)29(24-15-6-2-7-16-24,25-17-8-3-9-18-25)27-21-20-22-12-10-11-19-26(22)28-27/h1-21H/q+1. The average Bonchev–Trinajstić information content (AvgIpc) is 2.82. The summed E-state index contributed by atoms with van der Waals surface area (Å²) in [5.41, 5.74) is 2.18. The molecule has 2 heteroatoms. The van der Waals surface area contributed by atoms with Crippen molar-refractivity contribution in [3.63, 3.8) is 0 Å². The Morgan fingerprint density at radius 2 is 0.862 bits per heavy atom. The van der Waals surface area contributed by atoms with Crippen LogP contribution in [0.3, 0.4) is 0 Å². The molecule has 29 heavy (non-hydrogen) atoms. The minimum absolute atomic E-state index is 1.04. The van der Waals surface area contributed by atoms with E-state index in [0.29, 0.717) is 0 Å². The van der Waals surface area contributed by atoms with Crippen molar-refractivity contribution in [2.24, 2.45) is 0 Å². The number of aromatic nitrogens is 1. The molecule has 1 aromatic heterocycles. The van der Waals surface area contributed by atoms with Crippen molar-refractivity contribution in [3.8, 4) is 0 Å². The molecular weight excluding hydrogens is 369 g/mol. The van der Waals surface area contributed by atoms with E-state index in [1.165, 1.54) is 21.3 Å². The van der Waals surface area contributed by atoms with E-state index >= 15 is 0 Å². The van der Waals surface area contributed by atoms with E-state index in [2.05, 4.69) is 127 Å². The van der Waals surface area contributed by atoms with E-state index in [0.717, 1.165) is 11.0 Å². The molecule has 0 bridgehead atoms. The molecule has 4 aromatic carbocycles. The molecule has 0 atom stereocenters. The summed E-state index contributed by atoms with van der Waals surface area (Å²) in [5, 5.41) is 5.13. The van der Waals surface area contributed by atoms with Gasteiger partial charge in [0.25, 0.3) is 0 Å². The SMILES string of the molecule is c1ccc([P+](c2ccccc2)(c2ccccc2)c2ccc3ccccc3n2)cc1. The monoisotopic (exact) mass is 390 g/mol. The second-order valence-corrected chi connectivity index (χ2v) is 10.4. The fraction of sp³-hybridized carbons (Fsp3) is 0. The molecule has 0 radical (unpaired) electrons. The van der Waals surface area contributed by atoms with Gasteiger partial charge in [-0.15, -0.1) is 0 Å². The van der Waals surface area contributed by atoms with Crippen molar-refractivity contribution in [1.29, 1.82) is 0 Å². The maximum Gasteiger partial charge on any atom is 0.198 e. The van der Waals surface area contributed by atoms with Crippen molar-refractivity contribution in [1.82, 2.24) is 4.98 Å². The van der Waals surface area contributed by atoms with Gasteiger partial charge in [-0.25, -0.2) is 4.98 Å². The van der Waals surface area contributed by atoms with Gasteiger partial charge in [0.15, 0.2) is 12.7 Å². The van der Waals surface area contributed by atoms with Gasteiger partial charge in [0.05, 0.1) is 5.52 Å². The Kier molecular flexibility index (Phi) is 4.68. The smallest absolute Gasteiger partial charge is 0.198 e. The Hall–Kier alpha value is -3.28. The number of para-hydroxylation sites is 1. The largest absolute Gasteiger partial charge is 0.213 e. The molecule has 0 amide bonds. The summed E-state index contributed by atoms with van der Waals surface area (Å²) in [7, 11) is -2.12. The van der Waals surface area contributed by atoms with Crippen LogP contribution in [0.5, 0.6) is 0 Å². The van der Waals surface area contributed by atoms with Crippen LogP contribution in [0.25, 0.3) is 10.9 Å². The number of hydrogen-bond acceptors (Lipinski definition) is 1. The minimum atomic E-state index is -2.12. The number of nitrogens with zero attached hydrogens (tertiary/aromatic N) is 1. The van der Waals surface area contributed by atoms with Gasteiger partial charge in [0.2, 0.25) is 0 Å². The van der Waals surface area contributed by atoms with E-state index < -0.39 is 7.26 Å². The zero-order chi connectivity index (χ0) is 19.5. The molecule has 0 aliphatic rings. The Labute approximate surface area is 172 Å². The number of benzene rings is 4. The lowest BCUT2D eigenvalue weighted by molar-refractivity contribution is 1.47. The lowest BCUT2D eigenvalue weighted by Crippen LogP contribution is -2.39. The third kappa shape index (κ3) is 3.05. The summed E-state index contributed by atoms with van der Waals surface area (Å²) in [5.74, 6) is 0. The summed E-state index contributed by atoms with van der Waals surface area (Å²) in [6.07, 6.45) is 0. The fourth-order valence-corrected chi connectivity index (χ4v) is 8.14. The molecule has 0 aliphatic carbocycles. The molecule has 1 nitrogen and oxygen atoms in total. The number of fused-ring (bicyclic) bond motifs is 1. The first-order valence-electron chi connectivity index (χ1n) is 9.81. The first-order chi connectivity index (χ1) is 14.4. The van der Waals surface area contributed by atoms with E-state index in [-0.39, 0.29) is 0 Å². The summed E-state index contributed by atoms with van der Waals surface area (Å²) in [4.78, 5) is 5.23. The minimum Gasteiger partial charge on any atom is -0.213 e. The van der Waals surface area contributed by atoms with Gasteiger partial charge >= 0.3 is 0 Å². The van der Waals surface area contributed by atoms with Crippen molar-refractivity contribution >= 4 is 39.5 Å². The molecule has 138 valence electrons. The van der Waals surface area contributed by atoms with E-state index in [1.807, 2.05) is 0 Å². The zero-order valence-corrected chi connectivity index (χ0v) is 16.9. The predicted octanol–water partition coefficient (Wildman–Crippen LogP) is 4.85. The second kappa shape index (κ2) is 7.62. The van der Waals surface area contributed by atoms with E-state index in [9.17, 15) is 0 Å². The topological polar surface area (TPSA) is 12.9 Å². The normalized spacial score (nSPS) is 11.4. The molecule has 5 rings (SSSR count).